The second-order valence-corrected chi connectivity index (χ2v) is 7.14. The molecular weight excluding hydrogens is 398 g/mol. The molecule has 3 aromatic rings. The lowest BCUT2D eigenvalue weighted by atomic mass is 10.1. The summed E-state index contributed by atoms with van der Waals surface area (Å²) in [7, 11) is 1.94. The number of amides is 2. The third kappa shape index (κ3) is 2.92. The molecule has 1 aliphatic heterocycles. The van der Waals surface area contributed by atoms with Gasteiger partial charge in [-0.25, -0.2) is 0 Å². The summed E-state index contributed by atoms with van der Waals surface area (Å²) in [5.74, 6) is 0.174. The third-order valence-electron chi connectivity index (χ3n) is 4.77. The van der Waals surface area contributed by atoms with E-state index in [1.54, 1.807) is 17.0 Å². The average molecular weight is 416 g/mol. The van der Waals surface area contributed by atoms with E-state index < -0.39 is 0 Å². The summed E-state index contributed by atoms with van der Waals surface area (Å²) in [5.41, 5.74) is 1.74. The molecular formula is C19H18BrN3O3. The molecule has 2 aromatic heterocycles. The first-order valence-electron chi connectivity index (χ1n) is 8.42. The van der Waals surface area contributed by atoms with Crippen LogP contribution in [0.25, 0.3) is 10.9 Å². The van der Waals surface area contributed by atoms with E-state index in [1.807, 2.05) is 47.0 Å². The standard InChI is InChI=1S/C19H18BrN3O3/c1-21-12-14(13-4-2-3-5-15(13)21)18(24)22-8-10-23(11-9-22)19(25)16-6-7-17(20)26-16/h2-7,12H,8-11H2,1H3. The molecule has 6 nitrogen and oxygen atoms in total. The highest BCUT2D eigenvalue weighted by molar-refractivity contribution is 9.10. The van der Waals surface area contributed by atoms with Crippen LogP contribution >= 0.6 is 15.9 Å². The van der Waals surface area contributed by atoms with E-state index in [0.29, 0.717) is 42.2 Å². The number of piperazine rings is 1. The van der Waals surface area contributed by atoms with Crippen LogP contribution in [0.2, 0.25) is 0 Å². The summed E-state index contributed by atoms with van der Waals surface area (Å²) in [6, 6.07) is 11.2. The maximum absolute atomic E-state index is 13.0. The van der Waals surface area contributed by atoms with Crippen molar-refractivity contribution >= 4 is 38.6 Å². The Hall–Kier alpha value is -2.54. The molecule has 134 valence electrons. The molecule has 0 saturated carbocycles. The van der Waals surface area contributed by atoms with Gasteiger partial charge in [-0.2, -0.15) is 0 Å². The van der Waals surface area contributed by atoms with Crippen molar-refractivity contribution in [2.45, 2.75) is 0 Å². The number of carbonyl (C=O) groups is 2. The molecule has 0 spiro atoms. The Morgan fingerprint density at radius 2 is 1.62 bits per heavy atom. The van der Waals surface area contributed by atoms with Crippen LogP contribution in [0.1, 0.15) is 20.9 Å². The number of halogens is 1. The number of rotatable bonds is 2. The zero-order valence-corrected chi connectivity index (χ0v) is 15.9. The second kappa shape index (κ2) is 6.64. The number of aromatic nitrogens is 1. The van der Waals surface area contributed by atoms with Crippen LogP contribution in [0, 0.1) is 0 Å². The number of carbonyl (C=O) groups excluding carboxylic acids is 2. The zero-order chi connectivity index (χ0) is 18.3. The van der Waals surface area contributed by atoms with E-state index in [1.165, 1.54) is 0 Å². The highest BCUT2D eigenvalue weighted by Gasteiger charge is 2.28. The van der Waals surface area contributed by atoms with Crippen molar-refractivity contribution in [2.24, 2.45) is 7.05 Å². The van der Waals surface area contributed by atoms with Crippen LogP contribution in [0.5, 0.6) is 0 Å². The van der Waals surface area contributed by atoms with E-state index in [-0.39, 0.29) is 11.8 Å². The molecule has 0 radical (unpaired) electrons. The molecule has 4 rings (SSSR count). The minimum absolute atomic E-state index is 0.00893. The first kappa shape index (κ1) is 16.9. The molecule has 26 heavy (non-hydrogen) atoms. The first-order chi connectivity index (χ1) is 12.5. The molecule has 1 fully saturated rings. The summed E-state index contributed by atoms with van der Waals surface area (Å²) < 4.78 is 7.84. The van der Waals surface area contributed by atoms with Gasteiger partial charge in [-0.15, -0.1) is 0 Å². The molecule has 1 aromatic carbocycles. The van der Waals surface area contributed by atoms with Crippen molar-refractivity contribution in [1.82, 2.24) is 14.4 Å². The predicted molar refractivity (Wildman–Crippen MR) is 101 cm³/mol. The predicted octanol–water partition coefficient (Wildman–Crippen LogP) is 3.13. The number of benzene rings is 1. The van der Waals surface area contributed by atoms with Gasteiger partial charge < -0.3 is 18.8 Å². The Bertz CT molecular complexity index is 983. The molecule has 0 aliphatic carbocycles. The van der Waals surface area contributed by atoms with Crippen LogP contribution in [-0.2, 0) is 7.05 Å². The Labute approximate surface area is 159 Å². The third-order valence-corrected chi connectivity index (χ3v) is 5.19. The Morgan fingerprint density at radius 1 is 0.962 bits per heavy atom. The minimum atomic E-state index is -0.145. The van der Waals surface area contributed by atoms with Crippen LogP contribution in [0.4, 0.5) is 0 Å². The number of furan rings is 1. The highest BCUT2D eigenvalue weighted by atomic mass is 79.9. The van der Waals surface area contributed by atoms with Gasteiger partial charge in [0, 0.05) is 50.3 Å². The minimum Gasteiger partial charge on any atom is -0.444 e. The summed E-state index contributed by atoms with van der Waals surface area (Å²) in [5, 5.41) is 0.957. The number of aryl methyl sites for hydroxylation is 1. The van der Waals surface area contributed by atoms with Gasteiger partial charge in [-0.3, -0.25) is 9.59 Å². The quantitative estimate of drug-likeness (QED) is 0.645. The zero-order valence-electron chi connectivity index (χ0n) is 14.3. The van der Waals surface area contributed by atoms with Crippen molar-refractivity contribution in [3.63, 3.8) is 0 Å². The van der Waals surface area contributed by atoms with E-state index in [9.17, 15) is 9.59 Å². The van der Waals surface area contributed by atoms with Gasteiger partial charge in [0.2, 0.25) is 0 Å². The molecule has 0 bridgehead atoms. The van der Waals surface area contributed by atoms with Crippen LogP contribution < -0.4 is 0 Å². The van der Waals surface area contributed by atoms with Crippen molar-refractivity contribution in [1.29, 1.82) is 0 Å². The van der Waals surface area contributed by atoms with E-state index in [4.69, 9.17) is 4.42 Å². The maximum atomic E-state index is 13.0. The first-order valence-corrected chi connectivity index (χ1v) is 9.22. The molecule has 7 heteroatoms. The van der Waals surface area contributed by atoms with Crippen molar-refractivity contribution < 1.29 is 14.0 Å². The summed E-state index contributed by atoms with van der Waals surface area (Å²) in [4.78, 5) is 28.9. The molecule has 0 N–H and O–H groups in total. The summed E-state index contributed by atoms with van der Waals surface area (Å²) in [6.07, 6.45) is 1.88. The fraction of sp³-hybridized carbons (Fsp3) is 0.263. The Kier molecular flexibility index (Phi) is 4.32. The number of nitrogens with zero attached hydrogens (tertiary/aromatic N) is 3. The number of fused-ring (bicyclic) bond motifs is 1. The lowest BCUT2D eigenvalue weighted by Gasteiger charge is -2.34. The molecule has 0 atom stereocenters. The second-order valence-electron chi connectivity index (χ2n) is 6.36. The highest BCUT2D eigenvalue weighted by Crippen LogP contribution is 2.23. The summed E-state index contributed by atoms with van der Waals surface area (Å²) >= 11 is 3.21. The Balaban J connectivity index is 1.47. The molecule has 3 heterocycles. The largest absolute Gasteiger partial charge is 0.444 e. The number of hydrogen-bond donors (Lipinski definition) is 0. The van der Waals surface area contributed by atoms with E-state index in [0.717, 1.165) is 10.9 Å². The smallest absolute Gasteiger partial charge is 0.289 e. The lowest BCUT2D eigenvalue weighted by molar-refractivity contribution is 0.0518. The topological polar surface area (TPSA) is 58.7 Å². The Morgan fingerprint density at radius 3 is 2.27 bits per heavy atom. The van der Waals surface area contributed by atoms with Gasteiger partial charge in [-0.05, 0) is 34.1 Å². The number of hydrogen-bond acceptors (Lipinski definition) is 3. The normalized spacial score (nSPS) is 14.8. The average Bonchev–Trinajstić information content (AvgIpc) is 3.25. The molecule has 2 amide bonds. The van der Waals surface area contributed by atoms with Gasteiger partial charge in [-0.1, -0.05) is 18.2 Å². The maximum Gasteiger partial charge on any atom is 0.289 e. The van der Waals surface area contributed by atoms with Gasteiger partial charge in [0.1, 0.15) is 0 Å². The molecule has 1 aliphatic rings. The van der Waals surface area contributed by atoms with Crippen LogP contribution in [0.15, 0.2) is 51.7 Å². The van der Waals surface area contributed by atoms with Gasteiger partial charge in [0.25, 0.3) is 11.8 Å². The number of para-hydroxylation sites is 1. The van der Waals surface area contributed by atoms with Gasteiger partial charge in [0.15, 0.2) is 10.4 Å². The summed E-state index contributed by atoms with van der Waals surface area (Å²) in [6.45, 7) is 2.01. The molecule has 1 saturated heterocycles. The fourth-order valence-electron chi connectivity index (χ4n) is 3.38. The van der Waals surface area contributed by atoms with E-state index >= 15 is 0 Å². The van der Waals surface area contributed by atoms with Gasteiger partial charge >= 0.3 is 0 Å². The fourth-order valence-corrected chi connectivity index (χ4v) is 3.69. The lowest BCUT2D eigenvalue weighted by Crippen LogP contribution is -2.50. The van der Waals surface area contributed by atoms with Crippen molar-refractivity contribution in [2.75, 3.05) is 26.2 Å². The molecule has 0 unspecified atom stereocenters. The monoisotopic (exact) mass is 415 g/mol. The van der Waals surface area contributed by atoms with Crippen LogP contribution in [-0.4, -0.2) is 52.4 Å². The van der Waals surface area contributed by atoms with Crippen molar-refractivity contribution in [3.05, 3.63) is 58.6 Å². The van der Waals surface area contributed by atoms with Gasteiger partial charge in [0.05, 0.1) is 5.56 Å². The van der Waals surface area contributed by atoms with E-state index in [2.05, 4.69) is 15.9 Å². The SMILES string of the molecule is Cn1cc(C(=O)N2CCN(C(=O)c3ccc(Br)o3)CC2)c2ccccc21. The van der Waals surface area contributed by atoms with Crippen molar-refractivity contribution in [3.8, 4) is 0 Å². The van der Waals surface area contributed by atoms with Crippen LogP contribution in [0.3, 0.4) is 0 Å².